The molecule has 1 atom stereocenters. The number of aromatic nitrogens is 3. The zero-order valence-corrected chi connectivity index (χ0v) is 18.5. The molecule has 1 unspecified atom stereocenters. The lowest BCUT2D eigenvalue weighted by Gasteiger charge is -2.19. The molecule has 31 heavy (non-hydrogen) atoms. The van der Waals surface area contributed by atoms with E-state index in [1.54, 1.807) is 38.1 Å². The Labute approximate surface area is 184 Å². The van der Waals surface area contributed by atoms with Crippen molar-refractivity contribution in [2.45, 2.75) is 45.0 Å². The minimum absolute atomic E-state index is 0.00676. The van der Waals surface area contributed by atoms with E-state index in [4.69, 9.17) is 4.74 Å². The number of carbonyl (C=O) groups excluding carboxylic acids is 1. The van der Waals surface area contributed by atoms with Crippen molar-refractivity contribution in [2.75, 3.05) is 11.1 Å². The number of anilines is 1. The summed E-state index contributed by atoms with van der Waals surface area (Å²) in [5, 5.41) is 11.7. The molecule has 0 bridgehead atoms. The first-order chi connectivity index (χ1) is 14.8. The molecule has 1 heterocycles. The predicted molar refractivity (Wildman–Crippen MR) is 116 cm³/mol. The number of rotatable bonds is 8. The van der Waals surface area contributed by atoms with Gasteiger partial charge in [0.05, 0.1) is 5.75 Å². The molecule has 0 aliphatic carbocycles. The maximum atomic E-state index is 13.9. The number of nitrogens with zero attached hydrogens (tertiary/aromatic N) is 3. The molecule has 164 valence electrons. The highest BCUT2D eigenvalue weighted by molar-refractivity contribution is 7.99. The summed E-state index contributed by atoms with van der Waals surface area (Å²) >= 11 is 1.21. The summed E-state index contributed by atoms with van der Waals surface area (Å²) in [4.78, 5) is 12.4. The van der Waals surface area contributed by atoms with Crippen molar-refractivity contribution in [1.29, 1.82) is 0 Å². The number of thioether (sulfide) groups is 1. The number of halogens is 2. The first-order valence-corrected chi connectivity index (χ1v) is 10.8. The van der Waals surface area contributed by atoms with E-state index in [0.29, 0.717) is 16.7 Å². The summed E-state index contributed by atoms with van der Waals surface area (Å²) in [6.45, 7) is 7.48. The number of carbonyl (C=O) groups is 1. The smallest absolute Gasteiger partial charge is 0.234 e. The summed E-state index contributed by atoms with van der Waals surface area (Å²) in [5.41, 5.74) is 1.20. The van der Waals surface area contributed by atoms with Crippen molar-refractivity contribution in [3.05, 3.63) is 65.5 Å². The number of ether oxygens (including phenoxy) is 1. The van der Waals surface area contributed by atoms with Crippen LogP contribution in [0.5, 0.6) is 5.75 Å². The third-order valence-corrected chi connectivity index (χ3v) is 5.46. The van der Waals surface area contributed by atoms with E-state index in [1.807, 2.05) is 18.4 Å². The van der Waals surface area contributed by atoms with Crippen molar-refractivity contribution in [3.8, 4) is 5.75 Å². The lowest BCUT2D eigenvalue weighted by Crippen LogP contribution is -2.17. The molecule has 0 saturated carbocycles. The molecule has 0 aliphatic heterocycles. The van der Waals surface area contributed by atoms with Crippen LogP contribution in [-0.4, -0.2) is 26.4 Å². The summed E-state index contributed by atoms with van der Waals surface area (Å²) in [7, 11) is 0. The first kappa shape index (κ1) is 22.7. The number of hydrogen-bond acceptors (Lipinski definition) is 5. The van der Waals surface area contributed by atoms with E-state index in [-0.39, 0.29) is 23.5 Å². The standard InChI is InChI=1S/C22H24F2N4O2S/c1-13(2)28-21(15(4)30-19-8-6-5-7-17(19)24)26-27-22(28)31-12-20(29)25-18-11-16(23)10-9-14(18)3/h5-11,13,15H,12H2,1-4H3,(H,25,29). The van der Waals surface area contributed by atoms with Gasteiger partial charge in [-0.2, -0.15) is 0 Å². The van der Waals surface area contributed by atoms with Gasteiger partial charge in [-0.15, -0.1) is 10.2 Å². The van der Waals surface area contributed by atoms with Gasteiger partial charge in [0, 0.05) is 11.7 Å². The lowest BCUT2D eigenvalue weighted by atomic mass is 10.2. The van der Waals surface area contributed by atoms with Gasteiger partial charge in [-0.1, -0.05) is 30.0 Å². The highest BCUT2D eigenvalue weighted by atomic mass is 32.2. The predicted octanol–water partition coefficient (Wildman–Crippen LogP) is 5.32. The van der Waals surface area contributed by atoms with Gasteiger partial charge in [-0.05, 0) is 57.5 Å². The Morgan fingerprint density at radius 3 is 2.61 bits per heavy atom. The summed E-state index contributed by atoms with van der Waals surface area (Å²) in [6, 6.07) is 10.4. The van der Waals surface area contributed by atoms with Crippen LogP contribution < -0.4 is 10.1 Å². The highest BCUT2D eigenvalue weighted by Gasteiger charge is 2.23. The molecule has 0 aliphatic rings. The molecule has 0 saturated heterocycles. The highest BCUT2D eigenvalue weighted by Crippen LogP contribution is 2.28. The molecule has 0 radical (unpaired) electrons. The third-order valence-electron chi connectivity index (χ3n) is 4.52. The Morgan fingerprint density at radius 2 is 1.90 bits per heavy atom. The van der Waals surface area contributed by atoms with E-state index in [2.05, 4.69) is 15.5 Å². The zero-order chi connectivity index (χ0) is 22.5. The number of aryl methyl sites for hydroxylation is 1. The third kappa shape index (κ3) is 5.61. The van der Waals surface area contributed by atoms with Crippen LogP contribution in [0.25, 0.3) is 0 Å². The fraction of sp³-hybridized carbons (Fsp3) is 0.318. The first-order valence-electron chi connectivity index (χ1n) is 9.81. The Bertz CT molecular complexity index is 1070. The molecule has 6 nitrogen and oxygen atoms in total. The Balaban J connectivity index is 1.70. The Morgan fingerprint density at radius 1 is 1.16 bits per heavy atom. The average molecular weight is 447 g/mol. The molecule has 3 aromatic rings. The van der Waals surface area contributed by atoms with Crippen molar-refractivity contribution in [2.24, 2.45) is 0 Å². The topological polar surface area (TPSA) is 69.0 Å². The fourth-order valence-corrected chi connectivity index (χ4v) is 3.85. The van der Waals surface area contributed by atoms with Gasteiger partial charge in [-0.3, -0.25) is 4.79 Å². The van der Waals surface area contributed by atoms with Gasteiger partial charge in [0.2, 0.25) is 5.91 Å². The van der Waals surface area contributed by atoms with Crippen LogP contribution in [-0.2, 0) is 4.79 Å². The van der Waals surface area contributed by atoms with Crippen LogP contribution in [0.3, 0.4) is 0 Å². The van der Waals surface area contributed by atoms with Crippen LogP contribution in [0.2, 0.25) is 0 Å². The molecule has 3 rings (SSSR count). The molecule has 9 heteroatoms. The summed E-state index contributed by atoms with van der Waals surface area (Å²) < 4.78 is 35.0. The van der Waals surface area contributed by atoms with Gasteiger partial charge in [0.1, 0.15) is 5.82 Å². The maximum Gasteiger partial charge on any atom is 0.234 e. The van der Waals surface area contributed by atoms with E-state index >= 15 is 0 Å². The molecule has 2 aromatic carbocycles. The van der Waals surface area contributed by atoms with Crippen molar-refractivity contribution in [3.63, 3.8) is 0 Å². The quantitative estimate of drug-likeness (QED) is 0.475. The van der Waals surface area contributed by atoms with Crippen LogP contribution in [0.15, 0.2) is 47.6 Å². The SMILES string of the molecule is Cc1ccc(F)cc1NC(=O)CSc1nnc(C(C)Oc2ccccc2F)n1C(C)C. The maximum absolute atomic E-state index is 13.9. The summed E-state index contributed by atoms with van der Waals surface area (Å²) in [6.07, 6.45) is -0.551. The molecule has 0 spiro atoms. The zero-order valence-electron chi connectivity index (χ0n) is 17.7. The Kier molecular flexibility index (Phi) is 7.27. The molecular formula is C22H24F2N4O2S. The number of hydrogen-bond donors (Lipinski definition) is 1. The average Bonchev–Trinajstić information content (AvgIpc) is 3.15. The number of benzene rings is 2. The minimum Gasteiger partial charge on any atom is -0.480 e. The molecular weight excluding hydrogens is 422 g/mol. The van der Waals surface area contributed by atoms with Gasteiger partial charge in [0.15, 0.2) is 28.7 Å². The van der Waals surface area contributed by atoms with Gasteiger partial charge in [-0.25, -0.2) is 8.78 Å². The van der Waals surface area contributed by atoms with Crippen LogP contribution >= 0.6 is 11.8 Å². The van der Waals surface area contributed by atoms with Gasteiger partial charge in [0.25, 0.3) is 0 Å². The number of nitrogens with one attached hydrogen (secondary N) is 1. The molecule has 1 aromatic heterocycles. The van der Waals surface area contributed by atoms with E-state index in [0.717, 1.165) is 5.56 Å². The van der Waals surface area contributed by atoms with Crippen molar-refractivity contribution in [1.82, 2.24) is 14.8 Å². The second-order valence-corrected chi connectivity index (χ2v) is 8.23. The van der Waals surface area contributed by atoms with Crippen molar-refractivity contribution < 1.29 is 18.3 Å². The van der Waals surface area contributed by atoms with Gasteiger partial charge >= 0.3 is 0 Å². The van der Waals surface area contributed by atoms with E-state index in [1.165, 1.54) is 30.0 Å². The van der Waals surface area contributed by atoms with E-state index in [9.17, 15) is 13.6 Å². The molecule has 1 amide bonds. The molecule has 0 fully saturated rings. The number of amides is 1. The largest absolute Gasteiger partial charge is 0.480 e. The normalized spacial score (nSPS) is 12.1. The lowest BCUT2D eigenvalue weighted by molar-refractivity contribution is -0.113. The van der Waals surface area contributed by atoms with E-state index < -0.39 is 17.7 Å². The monoisotopic (exact) mass is 446 g/mol. The minimum atomic E-state index is -0.551. The van der Waals surface area contributed by atoms with Crippen molar-refractivity contribution >= 4 is 23.4 Å². The van der Waals surface area contributed by atoms with Crippen LogP contribution in [0.4, 0.5) is 14.5 Å². The molecule has 1 N–H and O–H groups in total. The summed E-state index contributed by atoms with van der Waals surface area (Å²) in [5.74, 6) is -0.419. The second-order valence-electron chi connectivity index (χ2n) is 7.29. The van der Waals surface area contributed by atoms with Gasteiger partial charge < -0.3 is 14.6 Å². The fourth-order valence-electron chi connectivity index (χ4n) is 2.98. The van der Waals surface area contributed by atoms with Crippen LogP contribution in [0, 0.1) is 18.6 Å². The second kappa shape index (κ2) is 9.91. The Hall–Kier alpha value is -2.94. The number of para-hydroxylation sites is 1. The van der Waals surface area contributed by atoms with Crippen LogP contribution in [0.1, 0.15) is 44.3 Å².